The lowest BCUT2D eigenvalue weighted by Crippen LogP contribution is -2.17. The molecule has 0 saturated carbocycles. The lowest BCUT2D eigenvalue weighted by molar-refractivity contribution is 0.590. The van der Waals surface area contributed by atoms with E-state index in [1.165, 1.54) is 12.1 Å². The van der Waals surface area contributed by atoms with Crippen molar-refractivity contribution in [1.82, 2.24) is 0 Å². The zero-order valence-electron chi connectivity index (χ0n) is 9.67. The van der Waals surface area contributed by atoms with Gasteiger partial charge >= 0.3 is 0 Å². The van der Waals surface area contributed by atoms with Gasteiger partial charge in [-0.1, -0.05) is 6.07 Å². The standard InChI is InChI=1S/C10H15NO4S2/c1-8-9(11)4-3-5-10(8)17(14,15)7-6-16(2,12)13/h3-5H,6-7,11H2,1-2H3. The van der Waals surface area contributed by atoms with E-state index in [2.05, 4.69) is 0 Å². The van der Waals surface area contributed by atoms with Crippen molar-refractivity contribution < 1.29 is 16.8 Å². The molecule has 17 heavy (non-hydrogen) atoms. The Hall–Kier alpha value is -1.08. The maximum Gasteiger partial charge on any atom is 0.179 e. The number of benzene rings is 1. The molecular formula is C10H15NO4S2. The molecule has 96 valence electrons. The van der Waals surface area contributed by atoms with Gasteiger partial charge in [-0.3, -0.25) is 0 Å². The van der Waals surface area contributed by atoms with Crippen LogP contribution in [0.5, 0.6) is 0 Å². The van der Waals surface area contributed by atoms with E-state index < -0.39 is 25.4 Å². The third-order valence-electron chi connectivity index (χ3n) is 2.38. The second kappa shape index (κ2) is 4.66. The molecule has 0 aliphatic carbocycles. The number of nitrogens with two attached hydrogens (primary N) is 1. The Morgan fingerprint density at radius 1 is 1.12 bits per heavy atom. The second-order valence-corrected chi connectivity index (χ2v) is 8.26. The number of anilines is 1. The first-order valence-electron chi connectivity index (χ1n) is 4.89. The summed E-state index contributed by atoms with van der Waals surface area (Å²) in [7, 11) is -6.90. The minimum atomic E-state index is -3.61. The van der Waals surface area contributed by atoms with Crippen molar-refractivity contribution in [3.05, 3.63) is 23.8 Å². The van der Waals surface area contributed by atoms with E-state index in [0.717, 1.165) is 6.26 Å². The van der Waals surface area contributed by atoms with Crippen LogP contribution in [0.25, 0.3) is 0 Å². The van der Waals surface area contributed by atoms with E-state index in [9.17, 15) is 16.8 Å². The topological polar surface area (TPSA) is 94.3 Å². The van der Waals surface area contributed by atoms with E-state index in [-0.39, 0.29) is 10.6 Å². The molecule has 1 rings (SSSR count). The summed E-state index contributed by atoms with van der Waals surface area (Å²) in [5, 5.41) is 0. The summed E-state index contributed by atoms with van der Waals surface area (Å²) in [5.41, 5.74) is 6.46. The zero-order valence-corrected chi connectivity index (χ0v) is 11.3. The molecule has 0 unspecified atom stereocenters. The number of hydrogen-bond donors (Lipinski definition) is 1. The van der Waals surface area contributed by atoms with Gasteiger partial charge in [-0.25, -0.2) is 16.8 Å². The molecule has 2 N–H and O–H groups in total. The summed E-state index contributed by atoms with van der Waals surface area (Å²) >= 11 is 0. The predicted molar refractivity (Wildman–Crippen MR) is 67.4 cm³/mol. The zero-order chi connectivity index (χ0) is 13.3. The first-order chi connectivity index (χ1) is 7.63. The van der Waals surface area contributed by atoms with Crippen LogP contribution in [-0.4, -0.2) is 34.6 Å². The third-order valence-corrected chi connectivity index (χ3v) is 5.44. The van der Waals surface area contributed by atoms with Crippen molar-refractivity contribution in [2.24, 2.45) is 0 Å². The monoisotopic (exact) mass is 277 g/mol. The fourth-order valence-electron chi connectivity index (χ4n) is 1.34. The fourth-order valence-corrected chi connectivity index (χ4v) is 4.52. The minimum absolute atomic E-state index is 0.0983. The average Bonchev–Trinajstić information content (AvgIpc) is 2.18. The van der Waals surface area contributed by atoms with Crippen molar-refractivity contribution >= 4 is 25.4 Å². The van der Waals surface area contributed by atoms with Crippen LogP contribution in [0.2, 0.25) is 0 Å². The number of nitrogen functional groups attached to an aromatic ring is 1. The number of rotatable bonds is 4. The molecular weight excluding hydrogens is 262 g/mol. The molecule has 0 spiro atoms. The lowest BCUT2D eigenvalue weighted by Gasteiger charge is -2.08. The van der Waals surface area contributed by atoms with E-state index in [1.54, 1.807) is 13.0 Å². The Morgan fingerprint density at radius 3 is 2.24 bits per heavy atom. The highest BCUT2D eigenvalue weighted by Gasteiger charge is 2.20. The largest absolute Gasteiger partial charge is 0.398 e. The maximum absolute atomic E-state index is 11.9. The Morgan fingerprint density at radius 2 is 1.71 bits per heavy atom. The molecule has 0 saturated heterocycles. The molecule has 0 fully saturated rings. The summed E-state index contributed by atoms with van der Waals surface area (Å²) < 4.78 is 45.8. The van der Waals surface area contributed by atoms with Gasteiger partial charge in [0, 0.05) is 11.9 Å². The Balaban J connectivity index is 3.11. The van der Waals surface area contributed by atoms with Crippen LogP contribution in [0.3, 0.4) is 0 Å². The SMILES string of the molecule is Cc1c(N)cccc1S(=O)(=O)CCS(C)(=O)=O. The molecule has 0 amide bonds. The molecule has 0 aliphatic heterocycles. The molecule has 0 aromatic heterocycles. The van der Waals surface area contributed by atoms with Crippen LogP contribution in [-0.2, 0) is 19.7 Å². The van der Waals surface area contributed by atoms with Gasteiger partial charge in [-0.05, 0) is 24.6 Å². The summed E-state index contributed by atoms with van der Waals surface area (Å²) in [6.07, 6.45) is 1.01. The summed E-state index contributed by atoms with van der Waals surface area (Å²) in [6.45, 7) is 1.60. The first-order valence-corrected chi connectivity index (χ1v) is 8.60. The molecule has 0 bridgehead atoms. The summed E-state index contributed by atoms with van der Waals surface area (Å²) in [5.74, 6) is -0.806. The van der Waals surface area contributed by atoms with Gasteiger partial charge in [0.15, 0.2) is 9.84 Å². The molecule has 5 nitrogen and oxygen atoms in total. The quantitative estimate of drug-likeness (QED) is 0.804. The molecule has 1 aromatic rings. The van der Waals surface area contributed by atoms with Crippen molar-refractivity contribution in [3.8, 4) is 0 Å². The lowest BCUT2D eigenvalue weighted by atomic mass is 10.2. The van der Waals surface area contributed by atoms with Gasteiger partial charge in [0.25, 0.3) is 0 Å². The number of sulfone groups is 2. The maximum atomic E-state index is 11.9. The van der Waals surface area contributed by atoms with Gasteiger partial charge < -0.3 is 5.73 Å². The van der Waals surface area contributed by atoms with Gasteiger partial charge in [0.1, 0.15) is 9.84 Å². The Kier molecular flexibility index (Phi) is 3.83. The van der Waals surface area contributed by atoms with E-state index in [1.807, 2.05) is 0 Å². The molecule has 0 aliphatic rings. The Labute approximate surface area is 101 Å². The van der Waals surface area contributed by atoms with Crippen molar-refractivity contribution in [1.29, 1.82) is 0 Å². The van der Waals surface area contributed by atoms with Crippen LogP contribution in [0.4, 0.5) is 5.69 Å². The van der Waals surface area contributed by atoms with Crippen LogP contribution in [0.15, 0.2) is 23.1 Å². The van der Waals surface area contributed by atoms with Gasteiger partial charge in [-0.15, -0.1) is 0 Å². The Bertz CT molecular complexity index is 618. The van der Waals surface area contributed by atoms with E-state index >= 15 is 0 Å². The van der Waals surface area contributed by atoms with Crippen LogP contribution >= 0.6 is 0 Å². The highest BCUT2D eigenvalue weighted by atomic mass is 32.2. The highest BCUT2D eigenvalue weighted by molar-refractivity contribution is 7.94. The normalized spacial score (nSPS) is 12.6. The minimum Gasteiger partial charge on any atom is -0.398 e. The van der Waals surface area contributed by atoms with E-state index in [0.29, 0.717) is 11.3 Å². The molecule has 1 aromatic carbocycles. The summed E-state index contributed by atoms with van der Waals surface area (Å²) in [4.78, 5) is 0.0983. The smallest absolute Gasteiger partial charge is 0.179 e. The second-order valence-electron chi connectivity index (χ2n) is 3.92. The van der Waals surface area contributed by atoms with Gasteiger partial charge in [0.05, 0.1) is 16.4 Å². The van der Waals surface area contributed by atoms with E-state index in [4.69, 9.17) is 5.73 Å². The van der Waals surface area contributed by atoms with Crippen molar-refractivity contribution in [2.75, 3.05) is 23.5 Å². The van der Waals surface area contributed by atoms with Crippen LogP contribution < -0.4 is 5.73 Å². The molecule has 0 atom stereocenters. The average molecular weight is 277 g/mol. The van der Waals surface area contributed by atoms with Crippen molar-refractivity contribution in [2.45, 2.75) is 11.8 Å². The van der Waals surface area contributed by atoms with Gasteiger partial charge in [-0.2, -0.15) is 0 Å². The third kappa shape index (κ3) is 3.71. The first kappa shape index (κ1) is 14.0. The van der Waals surface area contributed by atoms with Gasteiger partial charge in [0.2, 0.25) is 0 Å². The highest BCUT2D eigenvalue weighted by Crippen LogP contribution is 2.21. The van der Waals surface area contributed by atoms with Crippen LogP contribution in [0, 0.1) is 6.92 Å². The predicted octanol–water partition coefficient (Wildman–Crippen LogP) is 0.396. The summed E-state index contributed by atoms with van der Waals surface area (Å²) in [6, 6.07) is 4.57. The molecule has 7 heteroatoms. The number of hydrogen-bond acceptors (Lipinski definition) is 5. The van der Waals surface area contributed by atoms with Crippen molar-refractivity contribution in [3.63, 3.8) is 0 Å². The fraction of sp³-hybridized carbons (Fsp3) is 0.400. The molecule has 0 heterocycles. The molecule has 0 radical (unpaired) electrons. The van der Waals surface area contributed by atoms with Crippen LogP contribution in [0.1, 0.15) is 5.56 Å².